The normalized spacial score (nSPS) is 22.9. The third-order valence-corrected chi connectivity index (χ3v) is 2.90. The van der Waals surface area contributed by atoms with Crippen molar-refractivity contribution in [3.05, 3.63) is 23.8 Å². The summed E-state index contributed by atoms with van der Waals surface area (Å²) in [7, 11) is 2.06. The lowest BCUT2D eigenvalue weighted by Crippen LogP contribution is -2.43. The van der Waals surface area contributed by atoms with Gasteiger partial charge in [0.15, 0.2) is 11.5 Å². The van der Waals surface area contributed by atoms with Crippen LogP contribution in [0.5, 0.6) is 11.5 Å². The number of nitrogens with zero attached hydrogens (tertiary/aromatic N) is 1. The Hall–Kier alpha value is -1.26. The fourth-order valence-electron chi connectivity index (χ4n) is 1.93. The molecule has 1 fully saturated rings. The summed E-state index contributed by atoms with van der Waals surface area (Å²) in [6, 6.07) is 5.28. The van der Waals surface area contributed by atoms with Gasteiger partial charge in [0.1, 0.15) is 0 Å². The first-order valence-electron chi connectivity index (χ1n) is 5.11. The zero-order valence-corrected chi connectivity index (χ0v) is 8.77. The van der Waals surface area contributed by atoms with Crippen molar-refractivity contribution in [3.63, 3.8) is 0 Å². The minimum atomic E-state index is -0.0647. The molecule has 1 aromatic rings. The topological polar surface area (TPSA) is 55.7 Å². The molecule has 15 heavy (non-hydrogen) atoms. The largest absolute Gasteiger partial charge is 0.504 e. The Morgan fingerprint density at radius 2 is 2.13 bits per heavy atom. The quantitative estimate of drug-likeness (QED) is 0.594. The third-order valence-electron chi connectivity index (χ3n) is 2.90. The van der Waals surface area contributed by atoms with Crippen LogP contribution in [-0.2, 0) is 0 Å². The molecule has 1 heterocycles. The highest BCUT2D eigenvalue weighted by Crippen LogP contribution is 2.29. The number of benzene rings is 1. The van der Waals surface area contributed by atoms with Crippen LogP contribution in [-0.4, -0.2) is 41.8 Å². The second kappa shape index (κ2) is 4.08. The maximum Gasteiger partial charge on any atom is 0.157 e. The van der Waals surface area contributed by atoms with Crippen LogP contribution in [0.2, 0.25) is 0 Å². The number of hydrogen-bond donors (Lipinski definition) is 3. The van der Waals surface area contributed by atoms with E-state index in [0.717, 1.165) is 25.2 Å². The first-order chi connectivity index (χ1) is 7.18. The van der Waals surface area contributed by atoms with Gasteiger partial charge in [0.25, 0.3) is 0 Å². The zero-order chi connectivity index (χ0) is 10.8. The van der Waals surface area contributed by atoms with Crippen molar-refractivity contribution in [2.75, 3.05) is 26.7 Å². The number of hydrogen-bond acceptors (Lipinski definition) is 4. The van der Waals surface area contributed by atoms with Crippen LogP contribution >= 0.6 is 0 Å². The van der Waals surface area contributed by atoms with Crippen LogP contribution in [0.3, 0.4) is 0 Å². The second-order valence-electron chi connectivity index (χ2n) is 3.95. The van der Waals surface area contributed by atoms with Crippen LogP contribution < -0.4 is 5.32 Å². The number of likely N-dealkylation sites (N-methyl/N-ethyl adjacent to an activating group) is 1. The van der Waals surface area contributed by atoms with Crippen molar-refractivity contribution < 1.29 is 10.2 Å². The molecule has 0 radical (unpaired) electrons. The van der Waals surface area contributed by atoms with E-state index in [-0.39, 0.29) is 17.5 Å². The monoisotopic (exact) mass is 208 g/mol. The van der Waals surface area contributed by atoms with Crippen LogP contribution in [0.15, 0.2) is 18.2 Å². The molecular formula is C11H16N2O2. The van der Waals surface area contributed by atoms with E-state index >= 15 is 0 Å². The predicted molar refractivity (Wildman–Crippen MR) is 58.0 cm³/mol. The lowest BCUT2D eigenvalue weighted by Gasteiger charge is -2.33. The summed E-state index contributed by atoms with van der Waals surface area (Å²) in [5.41, 5.74) is 1.03. The number of nitrogens with one attached hydrogen (secondary N) is 1. The van der Waals surface area contributed by atoms with E-state index in [4.69, 9.17) is 0 Å². The number of piperazine rings is 1. The van der Waals surface area contributed by atoms with Gasteiger partial charge in [0.2, 0.25) is 0 Å². The van der Waals surface area contributed by atoms with Crippen molar-refractivity contribution >= 4 is 0 Å². The first kappa shape index (κ1) is 10.3. The minimum Gasteiger partial charge on any atom is -0.504 e. The van der Waals surface area contributed by atoms with Crippen molar-refractivity contribution in [1.29, 1.82) is 0 Å². The van der Waals surface area contributed by atoms with Crippen LogP contribution in [0.1, 0.15) is 11.6 Å². The van der Waals surface area contributed by atoms with E-state index in [1.807, 2.05) is 6.07 Å². The number of phenols is 2. The van der Waals surface area contributed by atoms with Gasteiger partial charge in [-0.3, -0.25) is 4.90 Å². The fraction of sp³-hybridized carbons (Fsp3) is 0.455. The van der Waals surface area contributed by atoms with Gasteiger partial charge in [-0.25, -0.2) is 0 Å². The molecule has 4 heteroatoms. The number of rotatable bonds is 1. The lowest BCUT2D eigenvalue weighted by molar-refractivity contribution is 0.202. The van der Waals surface area contributed by atoms with Gasteiger partial charge < -0.3 is 15.5 Å². The molecule has 0 aromatic heterocycles. The third kappa shape index (κ3) is 2.06. The average Bonchev–Trinajstić information content (AvgIpc) is 2.23. The molecule has 1 aliphatic heterocycles. The van der Waals surface area contributed by atoms with E-state index in [9.17, 15) is 10.2 Å². The van der Waals surface area contributed by atoms with Gasteiger partial charge in [-0.1, -0.05) is 6.07 Å². The Morgan fingerprint density at radius 3 is 2.80 bits per heavy atom. The standard InChI is InChI=1S/C11H16N2O2/c1-13-5-4-12-7-9(13)8-2-3-10(14)11(15)6-8/h2-3,6,9,12,14-15H,4-5,7H2,1H3. The maximum absolute atomic E-state index is 9.43. The van der Waals surface area contributed by atoms with Crippen molar-refractivity contribution in [3.8, 4) is 11.5 Å². The molecule has 4 nitrogen and oxygen atoms in total. The molecule has 0 saturated carbocycles. The lowest BCUT2D eigenvalue weighted by atomic mass is 10.0. The SMILES string of the molecule is CN1CCNCC1c1ccc(O)c(O)c1. The highest BCUT2D eigenvalue weighted by molar-refractivity contribution is 5.41. The Kier molecular flexibility index (Phi) is 2.79. The summed E-state index contributed by atoms with van der Waals surface area (Å²) >= 11 is 0. The van der Waals surface area contributed by atoms with E-state index in [1.165, 1.54) is 6.07 Å². The highest BCUT2D eigenvalue weighted by atomic mass is 16.3. The smallest absolute Gasteiger partial charge is 0.157 e. The summed E-state index contributed by atoms with van der Waals surface area (Å²) < 4.78 is 0. The summed E-state index contributed by atoms with van der Waals surface area (Å²) in [5, 5.41) is 22.0. The molecule has 0 aliphatic carbocycles. The van der Waals surface area contributed by atoms with Gasteiger partial charge >= 0.3 is 0 Å². The number of phenolic OH excluding ortho intramolecular Hbond substituents is 2. The Balaban J connectivity index is 2.24. The van der Waals surface area contributed by atoms with E-state index < -0.39 is 0 Å². The van der Waals surface area contributed by atoms with Crippen molar-refractivity contribution in [2.45, 2.75) is 6.04 Å². The van der Waals surface area contributed by atoms with Gasteiger partial charge in [-0.05, 0) is 24.7 Å². The minimum absolute atomic E-state index is 0.0496. The van der Waals surface area contributed by atoms with E-state index in [2.05, 4.69) is 17.3 Å². The Morgan fingerprint density at radius 1 is 1.33 bits per heavy atom. The van der Waals surface area contributed by atoms with Gasteiger partial charge in [0.05, 0.1) is 0 Å². The van der Waals surface area contributed by atoms with Crippen LogP contribution in [0, 0.1) is 0 Å². The summed E-state index contributed by atoms with van der Waals surface area (Å²) in [5.74, 6) is -0.114. The summed E-state index contributed by atoms with van der Waals surface area (Å²) in [4.78, 5) is 2.24. The van der Waals surface area contributed by atoms with E-state index in [0.29, 0.717) is 0 Å². The van der Waals surface area contributed by atoms with E-state index in [1.54, 1.807) is 6.07 Å². The van der Waals surface area contributed by atoms with Crippen LogP contribution in [0.4, 0.5) is 0 Å². The second-order valence-corrected chi connectivity index (χ2v) is 3.95. The average molecular weight is 208 g/mol. The first-order valence-corrected chi connectivity index (χ1v) is 5.11. The highest BCUT2D eigenvalue weighted by Gasteiger charge is 2.20. The molecule has 1 atom stereocenters. The van der Waals surface area contributed by atoms with Crippen molar-refractivity contribution in [2.24, 2.45) is 0 Å². The Bertz CT molecular complexity index is 354. The van der Waals surface area contributed by atoms with Gasteiger partial charge in [-0.15, -0.1) is 0 Å². The molecule has 0 spiro atoms. The molecule has 3 N–H and O–H groups in total. The van der Waals surface area contributed by atoms with Crippen LogP contribution in [0.25, 0.3) is 0 Å². The van der Waals surface area contributed by atoms with Gasteiger partial charge in [-0.2, -0.15) is 0 Å². The molecule has 0 amide bonds. The molecule has 1 aromatic carbocycles. The summed E-state index contributed by atoms with van der Waals surface area (Å²) in [6.45, 7) is 2.87. The van der Waals surface area contributed by atoms with Gasteiger partial charge in [0, 0.05) is 25.7 Å². The molecular weight excluding hydrogens is 192 g/mol. The molecule has 1 aliphatic rings. The van der Waals surface area contributed by atoms with Crippen molar-refractivity contribution in [1.82, 2.24) is 10.2 Å². The summed E-state index contributed by atoms with van der Waals surface area (Å²) in [6.07, 6.45) is 0. The Labute approximate surface area is 89.1 Å². The number of aromatic hydroxyl groups is 2. The molecule has 82 valence electrons. The molecule has 2 rings (SSSR count). The zero-order valence-electron chi connectivity index (χ0n) is 8.77. The molecule has 0 bridgehead atoms. The molecule has 1 unspecified atom stereocenters. The molecule has 1 saturated heterocycles. The fourth-order valence-corrected chi connectivity index (χ4v) is 1.93. The maximum atomic E-state index is 9.43. The predicted octanol–water partition coefficient (Wildman–Crippen LogP) is 0.674.